The number of rotatable bonds is 5. The van der Waals surface area contributed by atoms with Crippen molar-refractivity contribution in [2.24, 2.45) is 0 Å². The van der Waals surface area contributed by atoms with E-state index in [1.54, 1.807) is 6.07 Å². The lowest BCUT2D eigenvalue weighted by molar-refractivity contribution is -0.118. The van der Waals surface area contributed by atoms with Crippen molar-refractivity contribution < 1.29 is 9.53 Å². The van der Waals surface area contributed by atoms with E-state index in [0.29, 0.717) is 17.6 Å². The lowest BCUT2D eigenvalue weighted by Gasteiger charge is -2.23. The maximum absolute atomic E-state index is 12.1. The van der Waals surface area contributed by atoms with Crippen LogP contribution < -0.4 is 15.0 Å². The molecule has 3 aromatic rings. The average molecular weight is 374 g/mol. The monoisotopic (exact) mass is 374 g/mol. The summed E-state index contributed by atoms with van der Waals surface area (Å²) in [5, 5.41) is 11.2. The molecule has 0 bridgehead atoms. The number of hydrogen-bond donors (Lipinski definition) is 1. The third-order valence-corrected chi connectivity index (χ3v) is 4.76. The summed E-state index contributed by atoms with van der Waals surface area (Å²) in [5.41, 5.74) is 3.61. The molecule has 0 radical (unpaired) electrons. The fourth-order valence-electron chi connectivity index (χ4n) is 3.40. The van der Waals surface area contributed by atoms with Crippen LogP contribution in [0.5, 0.6) is 5.75 Å². The molecule has 1 atom stereocenters. The van der Waals surface area contributed by atoms with Crippen molar-refractivity contribution in [3.05, 3.63) is 71.8 Å². The number of aryl methyl sites for hydroxylation is 1. The van der Waals surface area contributed by atoms with Crippen molar-refractivity contribution in [2.75, 3.05) is 16.8 Å². The third kappa shape index (κ3) is 3.81. The zero-order chi connectivity index (χ0) is 19.5. The van der Waals surface area contributed by atoms with Crippen LogP contribution in [0.3, 0.4) is 0 Å². The second-order valence-corrected chi connectivity index (χ2v) is 6.98. The van der Waals surface area contributed by atoms with Gasteiger partial charge in [0, 0.05) is 11.7 Å². The van der Waals surface area contributed by atoms with Crippen LogP contribution in [-0.4, -0.2) is 28.8 Å². The molecule has 28 heavy (non-hydrogen) atoms. The number of fused-ring (bicyclic) bond motifs is 1. The van der Waals surface area contributed by atoms with Crippen molar-refractivity contribution in [3.8, 4) is 5.75 Å². The zero-order valence-electron chi connectivity index (χ0n) is 15.9. The summed E-state index contributed by atoms with van der Waals surface area (Å²) in [6.45, 7) is 4.09. The molecule has 1 aliphatic rings. The van der Waals surface area contributed by atoms with Gasteiger partial charge < -0.3 is 15.0 Å². The fourth-order valence-corrected chi connectivity index (χ4v) is 3.40. The lowest BCUT2D eigenvalue weighted by atomic mass is 10.1. The number of amides is 1. The minimum Gasteiger partial charge on any atom is -0.484 e. The Balaban J connectivity index is 1.38. The first-order chi connectivity index (χ1) is 13.6. The standard InChI is InChI=1S/C22H22N4O2/c1-15-7-9-18(10-8-15)28-14-22(27)23-20-11-12-21(25-24-20)26-16(2)13-17-5-3-4-6-19(17)26/h3-12,16H,13-14H2,1-2H3,(H,23,24,27). The van der Waals surface area contributed by atoms with Crippen molar-refractivity contribution in [1.29, 1.82) is 0 Å². The Labute approximate surface area is 164 Å². The first-order valence-electron chi connectivity index (χ1n) is 9.30. The minimum absolute atomic E-state index is 0.0803. The van der Waals surface area contributed by atoms with Crippen LogP contribution in [0.25, 0.3) is 0 Å². The van der Waals surface area contributed by atoms with Crippen LogP contribution in [0.4, 0.5) is 17.3 Å². The highest BCUT2D eigenvalue weighted by Gasteiger charge is 2.27. The Morgan fingerprint density at radius 1 is 1.11 bits per heavy atom. The molecule has 0 spiro atoms. The molecule has 1 aliphatic heterocycles. The summed E-state index contributed by atoms with van der Waals surface area (Å²) in [7, 11) is 0. The summed E-state index contributed by atoms with van der Waals surface area (Å²) < 4.78 is 5.48. The SMILES string of the molecule is Cc1ccc(OCC(=O)Nc2ccc(N3c4ccccc4CC3C)nn2)cc1. The molecule has 0 fully saturated rings. The number of carbonyl (C=O) groups is 1. The number of anilines is 3. The summed E-state index contributed by atoms with van der Waals surface area (Å²) in [5.74, 6) is 1.55. The first kappa shape index (κ1) is 18.0. The highest BCUT2D eigenvalue weighted by Crippen LogP contribution is 2.36. The Kier molecular flexibility index (Phi) is 4.93. The fraction of sp³-hybridized carbons (Fsp3) is 0.227. The average Bonchev–Trinajstić information content (AvgIpc) is 3.04. The molecule has 6 heteroatoms. The van der Waals surface area contributed by atoms with Crippen molar-refractivity contribution >= 4 is 23.2 Å². The van der Waals surface area contributed by atoms with Crippen molar-refractivity contribution in [2.45, 2.75) is 26.3 Å². The molecule has 142 valence electrons. The maximum atomic E-state index is 12.1. The Morgan fingerprint density at radius 2 is 1.89 bits per heavy atom. The van der Waals surface area contributed by atoms with E-state index in [9.17, 15) is 4.79 Å². The Morgan fingerprint density at radius 3 is 2.64 bits per heavy atom. The molecular weight excluding hydrogens is 352 g/mol. The zero-order valence-corrected chi connectivity index (χ0v) is 15.9. The van der Waals surface area contributed by atoms with Crippen molar-refractivity contribution in [1.82, 2.24) is 10.2 Å². The summed E-state index contributed by atoms with van der Waals surface area (Å²) in [6, 6.07) is 19.8. The van der Waals surface area contributed by atoms with Crippen LogP contribution in [0.15, 0.2) is 60.7 Å². The summed E-state index contributed by atoms with van der Waals surface area (Å²) in [6.07, 6.45) is 0.979. The van der Waals surface area contributed by atoms with Gasteiger partial charge in [-0.25, -0.2) is 0 Å². The van der Waals surface area contributed by atoms with Gasteiger partial charge >= 0.3 is 0 Å². The van der Waals surface area contributed by atoms with Crippen LogP contribution in [0, 0.1) is 6.92 Å². The van der Waals surface area contributed by atoms with E-state index in [-0.39, 0.29) is 12.5 Å². The highest BCUT2D eigenvalue weighted by molar-refractivity contribution is 5.91. The second kappa shape index (κ2) is 7.68. The number of aromatic nitrogens is 2. The van der Waals surface area contributed by atoms with Crippen LogP contribution in [-0.2, 0) is 11.2 Å². The molecule has 1 unspecified atom stereocenters. The van der Waals surface area contributed by atoms with E-state index in [2.05, 4.69) is 45.5 Å². The smallest absolute Gasteiger partial charge is 0.263 e. The van der Waals surface area contributed by atoms with Gasteiger partial charge in [-0.05, 0) is 56.2 Å². The van der Waals surface area contributed by atoms with Gasteiger partial charge in [-0.1, -0.05) is 35.9 Å². The van der Waals surface area contributed by atoms with Gasteiger partial charge in [0.05, 0.1) is 0 Å². The quantitative estimate of drug-likeness (QED) is 0.734. The van der Waals surface area contributed by atoms with Gasteiger partial charge in [0.15, 0.2) is 18.2 Å². The number of benzene rings is 2. The molecule has 0 aliphatic carbocycles. The topological polar surface area (TPSA) is 67.3 Å². The van der Waals surface area contributed by atoms with E-state index in [0.717, 1.165) is 23.5 Å². The molecular formula is C22H22N4O2. The number of nitrogens with one attached hydrogen (secondary N) is 1. The molecule has 1 N–H and O–H groups in total. The van der Waals surface area contributed by atoms with Crippen LogP contribution in [0.1, 0.15) is 18.1 Å². The number of hydrogen-bond acceptors (Lipinski definition) is 5. The van der Waals surface area contributed by atoms with Gasteiger partial charge in [-0.15, -0.1) is 10.2 Å². The Bertz CT molecular complexity index is 971. The minimum atomic E-state index is -0.275. The predicted octanol–water partition coefficient (Wildman–Crippen LogP) is 3.89. The normalized spacial score (nSPS) is 15.2. The van der Waals surface area contributed by atoms with Gasteiger partial charge in [0.1, 0.15) is 5.75 Å². The molecule has 6 nitrogen and oxygen atoms in total. The highest BCUT2D eigenvalue weighted by atomic mass is 16.5. The molecule has 1 amide bonds. The summed E-state index contributed by atoms with van der Waals surface area (Å²) >= 11 is 0. The molecule has 2 heterocycles. The van der Waals surface area contributed by atoms with Gasteiger partial charge in [0.2, 0.25) is 0 Å². The van der Waals surface area contributed by atoms with Gasteiger partial charge in [0.25, 0.3) is 5.91 Å². The van der Waals surface area contributed by atoms with Crippen molar-refractivity contribution in [3.63, 3.8) is 0 Å². The van der Waals surface area contributed by atoms with E-state index in [1.807, 2.05) is 43.3 Å². The lowest BCUT2D eigenvalue weighted by Crippen LogP contribution is -2.25. The first-order valence-corrected chi connectivity index (χ1v) is 9.30. The molecule has 0 saturated heterocycles. The molecule has 1 aromatic heterocycles. The largest absolute Gasteiger partial charge is 0.484 e. The molecule has 0 saturated carbocycles. The molecule has 2 aromatic carbocycles. The number of nitrogens with zero attached hydrogens (tertiary/aromatic N) is 3. The van der Waals surface area contributed by atoms with E-state index in [1.165, 1.54) is 5.56 Å². The number of para-hydroxylation sites is 1. The van der Waals surface area contributed by atoms with E-state index >= 15 is 0 Å². The Hall–Kier alpha value is -3.41. The van der Waals surface area contributed by atoms with E-state index in [4.69, 9.17) is 4.74 Å². The number of ether oxygens (including phenoxy) is 1. The van der Waals surface area contributed by atoms with E-state index < -0.39 is 0 Å². The van der Waals surface area contributed by atoms with Crippen LogP contribution >= 0.6 is 0 Å². The third-order valence-electron chi connectivity index (χ3n) is 4.76. The summed E-state index contributed by atoms with van der Waals surface area (Å²) in [4.78, 5) is 14.3. The maximum Gasteiger partial charge on any atom is 0.263 e. The van der Waals surface area contributed by atoms with Gasteiger partial charge in [-0.2, -0.15) is 0 Å². The second-order valence-electron chi connectivity index (χ2n) is 6.98. The van der Waals surface area contributed by atoms with Crippen LogP contribution in [0.2, 0.25) is 0 Å². The molecule has 4 rings (SSSR count). The predicted molar refractivity (Wildman–Crippen MR) is 109 cm³/mol. The van der Waals surface area contributed by atoms with Gasteiger partial charge in [-0.3, -0.25) is 4.79 Å². The number of carbonyl (C=O) groups excluding carboxylic acids is 1.